The van der Waals surface area contributed by atoms with Gasteiger partial charge in [-0.1, -0.05) is 41.9 Å². The van der Waals surface area contributed by atoms with Gasteiger partial charge in [0.1, 0.15) is 48.8 Å². The zero-order chi connectivity index (χ0) is 30.8. The molecule has 7 N–H and O–H groups in total. The number of nitrogens with one attached hydrogen (secondary N) is 2. The van der Waals surface area contributed by atoms with E-state index in [-0.39, 0.29) is 22.9 Å². The van der Waals surface area contributed by atoms with Crippen molar-refractivity contribution in [2.75, 3.05) is 18.5 Å². The average Bonchev–Trinajstić information content (AvgIpc) is 3.00. The minimum atomic E-state index is -1.75. The Bertz CT molecular complexity index is 1280. The van der Waals surface area contributed by atoms with Crippen LogP contribution in [0.4, 0.5) is 5.69 Å². The first kappa shape index (κ1) is 31.7. The second kappa shape index (κ2) is 13.5. The summed E-state index contributed by atoms with van der Waals surface area (Å²) in [6.45, 7) is 0.557. The maximum Gasteiger partial charge on any atom is 0.253 e. The third-order valence-electron chi connectivity index (χ3n) is 7.37. The lowest BCUT2D eigenvalue weighted by Gasteiger charge is -2.48. The maximum absolute atomic E-state index is 12.9. The number of anilines is 1. The second-order valence-corrected chi connectivity index (χ2v) is 10.8. The smallest absolute Gasteiger partial charge is 0.253 e. The van der Waals surface area contributed by atoms with Crippen LogP contribution >= 0.6 is 11.6 Å². The van der Waals surface area contributed by atoms with Gasteiger partial charge in [-0.15, -0.1) is 0 Å². The van der Waals surface area contributed by atoms with Gasteiger partial charge in [0.15, 0.2) is 18.8 Å². The largest absolute Gasteiger partial charge is 0.394 e. The van der Waals surface area contributed by atoms with E-state index in [1.165, 1.54) is 25.1 Å². The summed E-state index contributed by atoms with van der Waals surface area (Å²) in [6, 6.07) is 13.1. The summed E-state index contributed by atoms with van der Waals surface area (Å²) in [5.41, 5.74) is 0.966. The van der Waals surface area contributed by atoms with Gasteiger partial charge in [-0.05, 0) is 18.2 Å². The molecule has 0 radical (unpaired) electrons. The maximum atomic E-state index is 12.9. The van der Waals surface area contributed by atoms with Gasteiger partial charge in [0.2, 0.25) is 5.91 Å². The standard InChI is InChI=1S/C28H33ClN2O12/c1-12(33)30-16-9-14(7-8-15(16)29)25(38)31-26-21(36)19(34)23(17(10-32)40-26)43-28-22(37)20(35)24-18(41-28)11-39-27(42-24)13-5-3-2-4-6-13/h2-9,17-24,26-28,32,34-37H,10-11H2,1H3,(H,30,33)(H,31,38)/t17-,18-,19-,20-,21-,22-,23-,24-,26-,27-,28-/m1/s1. The molecule has 0 aromatic heterocycles. The fourth-order valence-corrected chi connectivity index (χ4v) is 5.33. The van der Waals surface area contributed by atoms with E-state index in [4.69, 9.17) is 35.3 Å². The lowest BCUT2D eigenvalue weighted by atomic mass is 9.96. The number of benzene rings is 2. The monoisotopic (exact) mass is 624 g/mol. The summed E-state index contributed by atoms with van der Waals surface area (Å²) in [7, 11) is 0. The molecule has 43 heavy (non-hydrogen) atoms. The molecule has 0 spiro atoms. The number of aliphatic hydroxyl groups is 5. The van der Waals surface area contributed by atoms with Crippen LogP contribution in [0.25, 0.3) is 0 Å². The molecule has 2 aromatic carbocycles. The van der Waals surface area contributed by atoms with Crippen molar-refractivity contribution >= 4 is 29.1 Å². The Hall–Kier alpha value is -2.73. The molecule has 3 aliphatic heterocycles. The van der Waals surface area contributed by atoms with Gasteiger partial charge in [0, 0.05) is 18.1 Å². The Morgan fingerprint density at radius 2 is 1.72 bits per heavy atom. The lowest BCUT2D eigenvalue weighted by molar-refractivity contribution is -0.379. The van der Waals surface area contributed by atoms with E-state index < -0.39 is 86.1 Å². The van der Waals surface area contributed by atoms with Gasteiger partial charge in [0.05, 0.1) is 23.9 Å². The number of rotatable bonds is 7. The number of fused-ring (bicyclic) bond motifs is 1. The van der Waals surface area contributed by atoms with E-state index in [0.717, 1.165) is 0 Å². The average molecular weight is 625 g/mol. The molecule has 3 aliphatic rings. The van der Waals surface area contributed by atoms with Gasteiger partial charge >= 0.3 is 0 Å². The predicted octanol–water partition coefficient (Wildman–Crippen LogP) is -0.587. The Morgan fingerprint density at radius 1 is 0.977 bits per heavy atom. The zero-order valence-electron chi connectivity index (χ0n) is 22.9. The molecule has 3 fully saturated rings. The summed E-state index contributed by atoms with van der Waals surface area (Å²) in [4.78, 5) is 24.3. The van der Waals surface area contributed by atoms with Crippen LogP contribution in [0.5, 0.6) is 0 Å². The normalized spacial score (nSPS) is 35.9. The molecule has 2 aromatic rings. The van der Waals surface area contributed by atoms with E-state index >= 15 is 0 Å². The van der Waals surface area contributed by atoms with Crippen molar-refractivity contribution in [2.45, 2.75) is 74.6 Å². The first-order valence-corrected chi connectivity index (χ1v) is 13.9. The Kier molecular flexibility index (Phi) is 9.95. The quantitative estimate of drug-likeness (QED) is 0.206. The highest BCUT2D eigenvalue weighted by Crippen LogP contribution is 2.36. The van der Waals surface area contributed by atoms with Gasteiger partial charge in [0.25, 0.3) is 5.91 Å². The van der Waals surface area contributed by atoms with Crippen LogP contribution in [0.15, 0.2) is 48.5 Å². The summed E-state index contributed by atoms with van der Waals surface area (Å²) >= 11 is 6.06. The minimum Gasteiger partial charge on any atom is -0.394 e. The zero-order valence-corrected chi connectivity index (χ0v) is 23.6. The molecule has 2 amide bonds. The van der Waals surface area contributed by atoms with Crippen LogP contribution in [-0.4, -0.2) is 112 Å². The number of hydrogen-bond acceptors (Lipinski definition) is 12. The number of amides is 2. The Balaban J connectivity index is 1.23. The van der Waals surface area contributed by atoms with Crippen molar-refractivity contribution < 1.29 is 58.8 Å². The number of hydrogen-bond donors (Lipinski definition) is 7. The van der Waals surface area contributed by atoms with Gasteiger partial charge < -0.3 is 59.9 Å². The number of aliphatic hydroxyl groups excluding tert-OH is 5. The van der Waals surface area contributed by atoms with Crippen molar-refractivity contribution in [3.63, 3.8) is 0 Å². The fourth-order valence-electron chi connectivity index (χ4n) is 5.16. The van der Waals surface area contributed by atoms with Crippen LogP contribution in [0.3, 0.4) is 0 Å². The van der Waals surface area contributed by atoms with Crippen molar-refractivity contribution in [3.8, 4) is 0 Å². The number of halogens is 1. The molecule has 11 atom stereocenters. The van der Waals surface area contributed by atoms with E-state index in [1.807, 2.05) is 18.2 Å². The number of carbonyl (C=O) groups is 2. The summed E-state index contributed by atoms with van der Waals surface area (Å²) in [5.74, 6) is -1.14. The van der Waals surface area contributed by atoms with E-state index in [9.17, 15) is 35.1 Å². The molecule has 3 heterocycles. The second-order valence-electron chi connectivity index (χ2n) is 10.4. The fraction of sp³-hybridized carbons (Fsp3) is 0.500. The van der Waals surface area contributed by atoms with Crippen LogP contribution in [0, 0.1) is 0 Å². The van der Waals surface area contributed by atoms with E-state index in [0.29, 0.717) is 5.56 Å². The lowest BCUT2D eigenvalue weighted by Crippen LogP contribution is -2.67. The SMILES string of the molecule is CC(=O)Nc1cc(C(=O)N[C@@H]2O[C@H](CO)[C@@H](O[C@H]3O[C@@H]4CO[C@@H](c5ccccc5)O[C@H]4[C@H](O)[C@H]3O)[C@H](O)[C@H]2O)ccc1Cl. The topological polar surface area (TPSA) is 206 Å². The van der Waals surface area contributed by atoms with E-state index in [2.05, 4.69) is 10.6 Å². The highest BCUT2D eigenvalue weighted by Gasteiger charge is 2.53. The van der Waals surface area contributed by atoms with Crippen molar-refractivity contribution in [1.29, 1.82) is 0 Å². The third kappa shape index (κ3) is 6.84. The molecule has 0 aliphatic carbocycles. The van der Waals surface area contributed by atoms with Crippen LogP contribution < -0.4 is 10.6 Å². The number of ether oxygens (including phenoxy) is 5. The van der Waals surface area contributed by atoms with Gasteiger partial charge in [-0.3, -0.25) is 9.59 Å². The van der Waals surface area contributed by atoms with E-state index in [1.54, 1.807) is 12.1 Å². The molecular formula is C28H33ClN2O12. The summed E-state index contributed by atoms with van der Waals surface area (Å²) in [6.07, 6.45) is -14.9. The van der Waals surface area contributed by atoms with Crippen LogP contribution in [0.2, 0.25) is 5.02 Å². The first-order chi connectivity index (χ1) is 20.6. The van der Waals surface area contributed by atoms with Crippen LogP contribution in [0.1, 0.15) is 29.1 Å². The molecule has 14 nitrogen and oxygen atoms in total. The molecule has 3 saturated heterocycles. The summed E-state index contributed by atoms with van der Waals surface area (Å²) < 4.78 is 28.8. The van der Waals surface area contributed by atoms with Gasteiger partial charge in [-0.2, -0.15) is 0 Å². The minimum absolute atomic E-state index is 0.00784. The van der Waals surface area contributed by atoms with Crippen molar-refractivity contribution in [3.05, 3.63) is 64.7 Å². The molecule has 0 bridgehead atoms. The van der Waals surface area contributed by atoms with Gasteiger partial charge in [-0.25, -0.2) is 0 Å². The molecular weight excluding hydrogens is 592 g/mol. The molecule has 5 rings (SSSR count). The first-order valence-electron chi connectivity index (χ1n) is 13.6. The van der Waals surface area contributed by atoms with Crippen molar-refractivity contribution in [2.24, 2.45) is 0 Å². The number of carbonyl (C=O) groups excluding carboxylic acids is 2. The molecule has 0 saturated carbocycles. The van der Waals surface area contributed by atoms with Crippen molar-refractivity contribution in [1.82, 2.24) is 5.32 Å². The third-order valence-corrected chi connectivity index (χ3v) is 7.70. The predicted molar refractivity (Wildman–Crippen MR) is 147 cm³/mol. The summed E-state index contributed by atoms with van der Waals surface area (Å²) in [5, 5.41) is 58.5. The molecule has 0 unspecified atom stereocenters. The highest BCUT2D eigenvalue weighted by molar-refractivity contribution is 6.33. The molecule has 15 heteroatoms. The van der Waals surface area contributed by atoms with Crippen LogP contribution in [-0.2, 0) is 28.5 Å². The molecule has 234 valence electrons. The Labute approximate surface area is 251 Å². The Morgan fingerprint density at radius 3 is 2.42 bits per heavy atom. The highest BCUT2D eigenvalue weighted by atomic mass is 35.5.